The third-order valence-electron chi connectivity index (χ3n) is 3.03. The first kappa shape index (κ1) is 13.8. The van der Waals surface area contributed by atoms with Crippen molar-refractivity contribution in [1.29, 1.82) is 0 Å². The summed E-state index contributed by atoms with van der Waals surface area (Å²) in [6.45, 7) is 0. The molecule has 0 unspecified atom stereocenters. The van der Waals surface area contributed by atoms with Gasteiger partial charge in [0.05, 0.1) is 5.69 Å². The van der Waals surface area contributed by atoms with E-state index in [1.807, 2.05) is 0 Å². The van der Waals surface area contributed by atoms with E-state index in [0.29, 0.717) is 27.3 Å². The van der Waals surface area contributed by atoms with E-state index < -0.39 is 10.0 Å². The second-order valence-electron chi connectivity index (χ2n) is 4.57. The summed E-state index contributed by atoms with van der Waals surface area (Å²) in [7, 11) is -3.73. The van der Waals surface area contributed by atoms with Gasteiger partial charge in [-0.3, -0.25) is 4.72 Å². The molecule has 1 aromatic heterocycles. The number of aromatic nitrogens is 1. The summed E-state index contributed by atoms with van der Waals surface area (Å²) in [5.74, 6) is 0. The molecule has 7 heteroatoms. The molecule has 108 valence electrons. The summed E-state index contributed by atoms with van der Waals surface area (Å²) in [5, 5.41) is 1.00. The number of hydrogen-bond acceptors (Lipinski definition) is 3. The lowest BCUT2D eigenvalue weighted by Gasteiger charge is -2.07. The molecule has 3 aromatic rings. The molecule has 2 aromatic carbocycles. The summed E-state index contributed by atoms with van der Waals surface area (Å²) in [4.78, 5) is 3.06. The highest BCUT2D eigenvalue weighted by Crippen LogP contribution is 2.27. The van der Waals surface area contributed by atoms with Gasteiger partial charge in [-0.15, -0.1) is 0 Å². The van der Waals surface area contributed by atoms with Gasteiger partial charge in [-0.05, 0) is 36.4 Å². The molecule has 0 amide bonds. The first-order valence-electron chi connectivity index (χ1n) is 6.11. The minimum atomic E-state index is -3.73. The molecule has 1 heterocycles. The highest BCUT2D eigenvalue weighted by Gasteiger charge is 2.19. The zero-order valence-corrected chi connectivity index (χ0v) is 12.4. The van der Waals surface area contributed by atoms with Crippen LogP contribution in [-0.4, -0.2) is 13.4 Å². The van der Waals surface area contributed by atoms with Gasteiger partial charge in [-0.2, -0.15) is 0 Å². The van der Waals surface area contributed by atoms with Crippen LogP contribution in [0.5, 0.6) is 0 Å². The van der Waals surface area contributed by atoms with Crippen molar-refractivity contribution in [3.63, 3.8) is 0 Å². The van der Waals surface area contributed by atoms with Crippen molar-refractivity contribution in [2.45, 2.75) is 4.90 Å². The van der Waals surface area contributed by atoms with E-state index in [4.69, 9.17) is 17.3 Å². The number of halogens is 1. The van der Waals surface area contributed by atoms with Crippen molar-refractivity contribution in [2.75, 3.05) is 10.5 Å². The van der Waals surface area contributed by atoms with Gasteiger partial charge in [0, 0.05) is 27.8 Å². The van der Waals surface area contributed by atoms with Crippen LogP contribution >= 0.6 is 11.6 Å². The molecule has 3 rings (SSSR count). The number of fused-ring (bicyclic) bond motifs is 1. The van der Waals surface area contributed by atoms with Gasteiger partial charge in [0.25, 0.3) is 10.0 Å². The van der Waals surface area contributed by atoms with E-state index in [9.17, 15) is 8.42 Å². The average molecular weight is 322 g/mol. The molecule has 5 nitrogen and oxygen atoms in total. The molecule has 0 saturated carbocycles. The van der Waals surface area contributed by atoms with Gasteiger partial charge in [-0.1, -0.05) is 17.7 Å². The van der Waals surface area contributed by atoms with E-state index in [1.165, 1.54) is 6.20 Å². The Bertz CT molecular complexity index is 919. The number of nitrogen functional groups attached to an aromatic ring is 1. The Labute approximate surface area is 126 Å². The van der Waals surface area contributed by atoms with Crippen LogP contribution in [0.1, 0.15) is 0 Å². The van der Waals surface area contributed by atoms with Crippen molar-refractivity contribution in [3.05, 3.63) is 53.7 Å². The van der Waals surface area contributed by atoms with Crippen LogP contribution in [0.3, 0.4) is 0 Å². The zero-order chi connectivity index (χ0) is 15.0. The quantitative estimate of drug-likeness (QED) is 0.647. The predicted octanol–water partition coefficient (Wildman–Crippen LogP) is 3.20. The van der Waals surface area contributed by atoms with E-state index >= 15 is 0 Å². The van der Waals surface area contributed by atoms with Crippen LogP contribution in [-0.2, 0) is 10.0 Å². The van der Waals surface area contributed by atoms with Crippen LogP contribution < -0.4 is 10.5 Å². The topological polar surface area (TPSA) is 88.0 Å². The number of H-pyrrole nitrogens is 1. The maximum absolute atomic E-state index is 12.5. The molecule has 0 aliphatic heterocycles. The molecular formula is C14H12ClN3O2S. The zero-order valence-electron chi connectivity index (χ0n) is 10.8. The fourth-order valence-corrected chi connectivity index (χ4v) is 3.51. The molecule has 0 fully saturated rings. The van der Waals surface area contributed by atoms with Crippen molar-refractivity contribution in [2.24, 2.45) is 0 Å². The molecule has 0 spiro atoms. The minimum Gasteiger partial charge on any atom is -0.399 e. The number of anilines is 2. The molecule has 4 N–H and O–H groups in total. The molecule has 0 aliphatic carbocycles. The van der Waals surface area contributed by atoms with Crippen LogP contribution in [0.2, 0.25) is 5.02 Å². The number of rotatable bonds is 3. The molecule has 0 aliphatic rings. The lowest BCUT2D eigenvalue weighted by molar-refractivity contribution is 0.602. The number of sulfonamides is 1. The van der Waals surface area contributed by atoms with Crippen LogP contribution in [0.15, 0.2) is 53.6 Å². The number of nitrogens with one attached hydrogen (secondary N) is 2. The predicted molar refractivity (Wildman–Crippen MR) is 85.0 cm³/mol. The van der Waals surface area contributed by atoms with Gasteiger partial charge in [0.15, 0.2) is 0 Å². The maximum Gasteiger partial charge on any atom is 0.264 e. The minimum absolute atomic E-state index is 0.143. The Hall–Kier alpha value is -2.18. The highest BCUT2D eigenvalue weighted by molar-refractivity contribution is 7.93. The van der Waals surface area contributed by atoms with Crippen molar-refractivity contribution < 1.29 is 8.42 Å². The fourth-order valence-electron chi connectivity index (χ4n) is 2.10. The summed E-state index contributed by atoms with van der Waals surface area (Å²) in [5.41, 5.74) is 7.33. The standard InChI is InChI=1S/C14H12ClN3O2S/c15-9-2-1-3-11(6-9)18-21(19,20)14-8-17-13-5-4-10(16)7-12(13)14/h1-8,17-18H,16H2. The molecule has 0 bridgehead atoms. The van der Waals surface area contributed by atoms with Gasteiger partial charge in [0.2, 0.25) is 0 Å². The number of hydrogen-bond donors (Lipinski definition) is 3. The van der Waals surface area contributed by atoms with Crippen molar-refractivity contribution in [1.82, 2.24) is 4.98 Å². The molecule has 21 heavy (non-hydrogen) atoms. The van der Waals surface area contributed by atoms with Crippen LogP contribution in [0.25, 0.3) is 10.9 Å². The van der Waals surface area contributed by atoms with Gasteiger partial charge in [0.1, 0.15) is 4.90 Å². The lowest BCUT2D eigenvalue weighted by Crippen LogP contribution is -2.12. The molecule has 0 radical (unpaired) electrons. The Morgan fingerprint density at radius 1 is 1.14 bits per heavy atom. The average Bonchev–Trinajstić information content (AvgIpc) is 2.81. The molecule has 0 atom stereocenters. The largest absolute Gasteiger partial charge is 0.399 e. The second-order valence-corrected chi connectivity index (χ2v) is 6.66. The monoisotopic (exact) mass is 321 g/mol. The van der Waals surface area contributed by atoms with E-state index in [1.54, 1.807) is 42.5 Å². The molecular weight excluding hydrogens is 310 g/mol. The Morgan fingerprint density at radius 3 is 2.71 bits per heavy atom. The van der Waals surface area contributed by atoms with Crippen LogP contribution in [0.4, 0.5) is 11.4 Å². The van der Waals surface area contributed by atoms with Crippen molar-refractivity contribution in [3.8, 4) is 0 Å². The summed E-state index contributed by atoms with van der Waals surface area (Å²) in [6.07, 6.45) is 1.44. The van der Waals surface area contributed by atoms with Gasteiger partial charge >= 0.3 is 0 Å². The first-order chi connectivity index (χ1) is 9.95. The number of aromatic amines is 1. The van der Waals surface area contributed by atoms with Crippen LogP contribution in [0, 0.1) is 0 Å². The van der Waals surface area contributed by atoms with Gasteiger partial charge < -0.3 is 10.7 Å². The fraction of sp³-hybridized carbons (Fsp3) is 0. The normalized spacial score (nSPS) is 11.7. The van der Waals surface area contributed by atoms with E-state index in [2.05, 4.69) is 9.71 Å². The summed E-state index contributed by atoms with van der Waals surface area (Å²) >= 11 is 5.86. The molecule has 0 saturated heterocycles. The lowest BCUT2D eigenvalue weighted by atomic mass is 10.2. The number of nitrogens with two attached hydrogens (primary N) is 1. The Balaban J connectivity index is 2.06. The number of benzene rings is 2. The second kappa shape index (κ2) is 4.98. The third kappa shape index (κ3) is 2.68. The third-order valence-corrected chi connectivity index (χ3v) is 4.69. The summed E-state index contributed by atoms with van der Waals surface area (Å²) < 4.78 is 27.5. The van der Waals surface area contributed by atoms with Crippen molar-refractivity contribution >= 4 is 43.9 Å². The first-order valence-corrected chi connectivity index (χ1v) is 7.97. The highest BCUT2D eigenvalue weighted by atomic mass is 35.5. The Morgan fingerprint density at radius 2 is 1.95 bits per heavy atom. The smallest absolute Gasteiger partial charge is 0.264 e. The maximum atomic E-state index is 12.5. The summed E-state index contributed by atoms with van der Waals surface area (Å²) in [6, 6.07) is 11.6. The SMILES string of the molecule is Nc1ccc2[nH]cc(S(=O)(=O)Nc3cccc(Cl)c3)c2c1. The van der Waals surface area contributed by atoms with E-state index in [-0.39, 0.29) is 4.90 Å². The Kier molecular flexibility index (Phi) is 3.27. The van der Waals surface area contributed by atoms with E-state index in [0.717, 1.165) is 0 Å². The van der Waals surface area contributed by atoms with Gasteiger partial charge in [-0.25, -0.2) is 8.42 Å².